The van der Waals surface area contributed by atoms with Gasteiger partial charge in [-0.1, -0.05) is 53.5 Å². The van der Waals surface area contributed by atoms with E-state index in [4.69, 9.17) is 23.2 Å². The second-order valence-electron chi connectivity index (χ2n) is 4.52. The molecule has 1 aliphatic rings. The molecule has 5 heteroatoms. The van der Waals surface area contributed by atoms with Gasteiger partial charge in [-0.15, -0.1) is 0 Å². The van der Waals surface area contributed by atoms with Crippen LogP contribution in [0, 0.1) is 0 Å². The molecule has 0 saturated carbocycles. The van der Waals surface area contributed by atoms with Gasteiger partial charge in [-0.25, -0.2) is 0 Å². The van der Waals surface area contributed by atoms with Gasteiger partial charge in [0.2, 0.25) is 0 Å². The van der Waals surface area contributed by atoms with Crippen LogP contribution in [0.2, 0.25) is 10.0 Å². The molecule has 0 bridgehead atoms. The van der Waals surface area contributed by atoms with Crippen LogP contribution >= 0.6 is 23.2 Å². The zero-order chi connectivity index (χ0) is 15.0. The molecule has 0 atom stereocenters. The summed E-state index contributed by atoms with van der Waals surface area (Å²) in [5, 5.41) is 3.29. The Bertz CT molecular complexity index is 779. The van der Waals surface area contributed by atoms with Crippen LogP contribution < -0.4 is 5.32 Å². The molecule has 1 heterocycles. The standard InChI is InChI=1S/C16H9Cl2NO2/c17-10-7-5-9(6-8-10)13-14(16(21)19-15(13)20)11-3-1-2-4-12(11)18/h1-8H,(H,19,20,21). The van der Waals surface area contributed by atoms with Crippen LogP contribution in [0.15, 0.2) is 48.5 Å². The minimum Gasteiger partial charge on any atom is -0.288 e. The van der Waals surface area contributed by atoms with E-state index in [0.29, 0.717) is 26.7 Å². The summed E-state index contributed by atoms with van der Waals surface area (Å²) in [7, 11) is 0. The van der Waals surface area contributed by atoms with Gasteiger partial charge >= 0.3 is 0 Å². The lowest BCUT2D eigenvalue weighted by Crippen LogP contribution is -2.22. The first kappa shape index (κ1) is 13.9. The average Bonchev–Trinajstić information content (AvgIpc) is 2.75. The minimum absolute atomic E-state index is 0.285. The van der Waals surface area contributed by atoms with E-state index in [9.17, 15) is 9.59 Å². The van der Waals surface area contributed by atoms with Crippen molar-refractivity contribution < 1.29 is 9.59 Å². The molecule has 0 fully saturated rings. The van der Waals surface area contributed by atoms with E-state index in [1.54, 1.807) is 48.5 Å². The van der Waals surface area contributed by atoms with Gasteiger partial charge in [0.05, 0.1) is 11.1 Å². The fraction of sp³-hybridized carbons (Fsp3) is 0. The van der Waals surface area contributed by atoms with Crippen LogP contribution in [0.3, 0.4) is 0 Å². The number of imide groups is 1. The fourth-order valence-electron chi connectivity index (χ4n) is 2.27. The van der Waals surface area contributed by atoms with Gasteiger partial charge < -0.3 is 0 Å². The smallest absolute Gasteiger partial charge is 0.259 e. The topological polar surface area (TPSA) is 46.2 Å². The number of nitrogens with one attached hydrogen (secondary N) is 1. The van der Waals surface area contributed by atoms with Gasteiger partial charge in [0.15, 0.2) is 0 Å². The quantitative estimate of drug-likeness (QED) is 0.861. The second kappa shape index (κ2) is 5.35. The van der Waals surface area contributed by atoms with Crippen molar-refractivity contribution in [1.82, 2.24) is 5.32 Å². The summed E-state index contributed by atoms with van der Waals surface area (Å²) in [5.74, 6) is -0.879. The first-order valence-corrected chi connectivity index (χ1v) is 6.94. The van der Waals surface area contributed by atoms with Crippen molar-refractivity contribution in [2.45, 2.75) is 0 Å². The molecule has 0 aliphatic carbocycles. The predicted octanol–water partition coefficient (Wildman–Crippen LogP) is 3.56. The maximum Gasteiger partial charge on any atom is 0.259 e. The van der Waals surface area contributed by atoms with Crippen LogP contribution in [-0.4, -0.2) is 11.8 Å². The Morgan fingerprint density at radius 1 is 0.762 bits per heavy atom. The Morgan fingerprint density at radius 3 is 2.05 bits per heavy atom. The summed E-state index contributed by atoms with van der Waals surface area (Å²) < 4.78 is 0. The van der Waals surface area contributed by atoms with Crippen LogP contribution in [-0.2, 0) is 9.59 Å². The molecule has 104 valence electrons. The van der Waals surface area contributed by atoms with Crippen molar-refractivity contribution >= 4 is 46.2 Å². The first-order valence-electron chi connectivity index (χ1n) is 6.18. The highest BCUT2D eigenvalue weighted by atomic mass is 35.5. The number of benzene rings is 2. The third kappa shape index (κ3) is 2.46. The summed E-state index contributed by atoms with van der Waals surface area (Å²) in [6.45, 7) is 0. The van der Waals surface area contributed by atoms with Crippen molar-refractivity contribution in [3.63, 3.8) is 0 Å². The normalized spacial score (nSPS) is 14.6. The number of halogens is 2. The summed E-state index contributed by atoms with van der Waals surface area (Å²) in [4.78, 5) is 24.2. The van der Waals surface area contributed by atoms with E-state index in [-0.39, 0.29) is 5.57 Å². The van der Waals surface area contributed by atoms with Crippen LogP contribution in [0.1, 0.15) is 11.1 Å². The van der Waals surface area contributed by atoms with Crippen LogP contribution in [0.25, 0.3) is 11.1 Å². The average molecular weight is 318 g/mol. The summed E-state index contributed by atoms with van der Waals surface area (Å²) in [6.07, 6.45) is 0. The Morgan fingerprint density at radius 2 is 1.38 bits per heavy atom. The van der Waals surface area contributed by atoms with Crippen molar-refractivity contribution in [1.29, 1.82) is 0 Å². The van der Waals surface area contributed by atoms with Crippen molar-refractivity contribution in [2.75, 3.05) is 0 Å². The third-order valence-electron chi connectivity index (χ3n) is 3.21. The van der Waals surface area contributed by atoms with Gasteiger partial charge in [0.25, 0.3) is 11.8 Å². The molecule has 1 aliphatic heterocycles. The lowest BCUT2D eigenvalue weighted by Gasteiger charge is -2.06. The number of rotatable bonds is 2. The van der Waals surface area contributed by atoms with Gasteiger partial charge in [0.1, 0.15) is 0 Å². The highest BCUT2D eigenvalue weighted by molar-refractivity contribution is 6.50. The molecule has 0 spiro atoms. The molecule has 1 N–H and O–H groups in total. The van der Waals surface area contributed by atoms with E-state index in [1.165, 1.54) is 0 Å². The summed E-state index contributed by atoms with van der Waals surface area (Å²) >= 11 is 12.0. The molecule has 0 saturated heterocycles. The molecule has 21 heavy (non-hydrogen) atoms. The van der Waals surface area contributed by atoms with E-state index >= 15 is 0 Å². The number of amides is 2. The monoisotopic (exact) mass is 317 g/mol. The van der Waals surface area contributed by atoms with E-state index in [2.05, 4.69) is 5.32 Å². The molecular formula is C16H9Cl2NO2. The fourth-order valence-corrected chi connectivity index (χ4v) is 2.62. The maximum atomic E-state index is 12.1. The predicted molar refractivity (Wildman–Crippen MR) is 82.9 cm³/mol. The van der Waals surface area contributed by atoms with Gasteiger partial charge in [-0.3, -0.25) is 14.9 Å². The molecule has 3 nitrogen and oxygen atoms in total. The Hall–Kier alpha value is -2.10. The molecular weight excluding hydrogens is 309 g/mol. The first-order chi connectivity index (χ1) is 10.1. The zero-order valence-electron chi connectivity index (χ0n) is 10.7. The molecule has 2 aromatic rings. The third-order valence-corrected chi connectivity index (χ3v) is 3.79. The van der Waals surface area contributed by atoms with E-state index in [0.717, 1.165) is 0 Å². The van der Waals surface area contributed by atoms with Gasteiger partial charge in [0, 0.05) is 15.6 Å². The summed E-state index contributed by atoms with van der Waals surface area (Å²) in [5.41, 5.74) is 1.75. The minimum atomic E-state index is -0.446. The lowest BCUT2D eigenvalue weighted by molar-refractivity contribution is -0.122. The Balaban J connectivity index is 2.25. The van der Waals surface area contributed by atoms with Crippen molar-refractivity contribution in [3.05, 3.63) is 69.7 Å². The number of hydrogen-bond donors (Lipinski definition) is 1. The van der Waals surface area contributed by atoms with E-state index < -0.39 is 11.8 Å². The number of carbonyl (C=O) groups excluding carboxylic acids is 2. The van der Waals surface area contributed by atoms with Crippen LogP contribution in [0.5, 0.6) is 0 Å². The maximum absolute atomic E-state index is 12.1. The van der Waals surface area contributed by atoms with Crippen LogP contribution in [0.4, 0.5) is 0 Å². The molecule has 2 aromatic carbocycles. The molecule has 0 unspecified atom stereocenters. The Kier molecular flexibility index (Phi) is 3.53. The SMILES string of the molecule is O=C1NC(=O)C(c2ccccc2Cl)=C1c1ccc(Cl)cc1. The second-order valence-corrected chi connectivity index (χ2v) is 5.36. The van der Waals surface area contributed by atoms with Gasteiger partial charge in [-0.05, 0) is 23.8 Å². The van der Waals surface area contributed by atoms with E-state index in [1.807, 2.05) is 0 Å². The van der Waals surface area contributed by atoms with Gasteiger partial charge in [-0.2, -0.15) is 0 Å². The van der Waals surface area contributed by atoms with Crippen molar-refractivity contribution in [3.8, 4) is 0 Å². The molecule has 0 aromatic heterocycles. The highest BCUT2D eigenvalue weighted by Crippen LogP contribution is 2.34. The van der Waals surface area contributed by atoms with Crippen molar-refractivity contribution in [2.24, 2.45) is 0 Å². The molecule has 3 rings (SSSR count). The lowest BCUT2D eigenvalue weighted by atomic mass is 9.96. The highest BCUT2D eigenvalue weighted by Gasteiger charge is 2.32. The molecule has 0 radical (unpaired) electrons. The molecule has 2 amide bonds. The zero-order valence-corrected chi connectivity index (χ0v) is 12.2. The summed E-state index contributed by atoms with van der Waals surface area (Å²) in [6, 6.07) is 13.7. The Labute approximate surface area is 131 Å². The number of hydrogen-bond acceptors (Lipinski definition) is 2. The number of carbonyl (C=O) groups is 2. The largest absolute Gasteiger partial charge is 0.288 e.